The van der Waals surface area contributed by atoms with E-state index < -0.39 is 0 Å². The maximum atomic E-state index is 5.04. The lowest BCUT2D eigenvalue weighted by molar-refractivity contribution is 0.391. The highest BCUT2D eigenvalue weighted by molar-refractivity contribution is 5.21. The van der Waals surface area contributed by atoms with Crippen LogP contribution in [0.1, 0.15) is 18.3 Å². The van der Waals surface area contributed by atoms with Gasteiger partial charge in [0, 0.05) is 18.2 Å². The minimum Gasteiger partial charge on any atom is -0.481 e. The van der Waals surface area contributed by atoms with Crippen molar-refractivity contribution in [2.45, 2.75) is 20.3 Å². The first-order valence-electron chi connectivity index (χ1n) is 3.64. The van der Waals surface area contributed by atoms with Crippen molar-refractivity contribution in [3.8, 4) is 5.88 Å². The van der Waals surface area contributed by atoms with Crippen LogP contribution in [0.5, 0.6) is 5.88 Å². The highest BCUT2D eigenvalue weighted by Gasteiger charge is 2.00. The molecule has 1 heterocycles. The van der Waals surface area contributed by atoms with Gasteiger partial charge in [-0.3, -0.25) is 0 Å². The number of hydrogen-bond acceptors (Lipinski definition) is 3. The Hall–Kier alpha value is -1.12. The first kappa shape index (κ1) is 7.98. The van der Waals surface area contributed by atoms with Crippen LogP contribution >= 0.6 is 0 Å². The molecule has 1 aromatic heterocycles. The molecule has 0 amide bonds. The summed E-state index contributed by atoms with van der Waals surface area (Å²) in [6.07, 6.45) is 2.63. The molecule has 0 saturated carbocycles. The monoisotopic (exact) mass is 152 g/mol. The highest BCUT2D eigenvalue weighted by atomic mass is 16.5. The van der Waals surface area contributed by atoms with Crippen molar-refractivity contribution >= 4 is 0 Å². The molecule has 0 fully saturated rings. The lowest BCUT2D eigenvalue weighted by atomic mass is 10.3. The number of methoxy groups -OCH3 is 1. The molecular formula is C8H12N2O. The Morgan fingerprint density at radius 3 is 2.82 bits per heavy atom. The summed E-state index contributed by atoms with van der Waals surface area (Å²) in [6, 6.07) is 0. The second kappa shape index (κ2) is 3.32. The van der Waals surface area contributed by atoms with Crippen LogP contribution in [0.15, 0.2) is 6.20 Å². The summed E-state index contributed by atoms with van der Waals surface area (Å²) in [5.74, 6) is 1.50. The van der Waals surface area contributed by atoms with Crippen molar-refractivity contribution < 1.29 is 4.74 Å². The van der Waals surface area contributed by atoms with E-state index in [4.69, 9.17) is 4.74 Å². The fourth-order valence-electron chi connectivity index (χ4n) is 0.838. The summed E-state index contributed by atoms with van der Waals surface area (Å²) in [4.78, 5) is 8.29. The van der Waals surface area contributed by atoms with Gasteiger partial charge in [0.1, 0.15) is 5.82 Å². The number of ether oxygens (including phenoxy) is 1. The molecule has 3 heteroatoms. The molecule has 3 nitrogen and oxygen atoms in total. The van der Waals surface area contributed by atoms with Gasteiger partial charge < -0.3 is 4.74 Å². The van der Waals surface area contributed by atoms with Gasteiger partial charge in [0.15, 0.2) is 0 Å². The molecule has 0 bridgehead atoms. The van der Waals surface area contributed by atoms with Crippen molar-refractivity contribution in [1.82, 2.24) is 9.97 Å². The Bertz CT molecular complexity index is 248. The zero-order valence-corrected chi connectivity index (χ0v) is 7.09. The van der Waals surface area contributed by atoms with E-state index in [2.05, 4.69) is 9.97 Å². The smallest absolute Gasteiger partial charge is 0.219 e. The Balaban J connectivity index is 3.02. The van der Waals surface area contributed by atoms with E-state index in [9.17, 15) is 0 Å². The minimum absolute atomic E-state index is 0.678. The predicted octanol–water partition coefficient (Wildman–Crippen LogP) is 1.36. The summed E-state index contributed by atoms with van der Waals surface area (Å²) in [5, 5.41) is 0. The van der Waals surface area contributed by atoms with Gasteiger partial charge in [0.05, 0.1) is 7.11 Å². The number of aromatic nitrogens is 2. The average Bonchev–Trinajstić information content (AvgIpc) is 2.05. The molecule has 0 radical (unpaired) electrons. The van der Waals surface area contributed by atoms with Gasteiger partial charge in [-0.25, -0.2) is 4.98 Å². The van der Waals surface area contributed by atoms with E-state index >= 15 is 0 Å². The molecule has 0 atom stereocenters. The first-order valence-corrected chi connectivity index (χ1v) is 3.64. The number of rotatable bonds is 2. The maximum Gasteiger partial charge on any atom is 0.219 e. The summed E-state index contributed by atoms with van der Waals surface area (Å²) < 4.78 is 5.04. The van der Waals surface area contributed by atoms with E-state index in [1.165, 1.54) is 0 Å². The summed E-state index contributed by atoms with van der Waals surface area (Å²) in [7, 11) is 1.62. The predicted molar refractivity (Wildman–Crippen MR) is 42.7 cm³/mol. The van der Waals surface area contributed by atoms with Gasteiger partial charge in [-0.05, 0) is 6.92 Å². The van der Waals surface area contributed by atoms with Crippen molar-refractivity contribution in [3.05, 3.63) is 17.6 Å². The van der Waals surface area contributed by atoms with Crippen molar-refractivity contribution in [3.63, 3.8) is 0 Å². The van der Waals surface area contributed by atoms with E-state index in [0.29, 0.717) is 5.88 Å². The largest absolute Gasteiger partial charge is 0.481 e. The number of aryl methyl sites for hydroxylation is 2. The fraction of sp³-hybridized carbons (Fsp3) is 0.500. The molecule has 0 unspecified atom stereocenters. The van der Waals surface area contributed by atoms with Crippen LogP contribution in [-0.4, -0.2) is 17.1 Å². The molecule has 0 aliphatic rings. The SMILES string of the molecule is CCc1ncc(C)c(OC)n1. The van der Waals surface area contributed by atoms with Gasteiger partial charge in [0.25, 0.3) is 0 Å². The van der Waals surface area contributed by atoms with Gasteiger partial charge in [-0.2, -0.15) is 4.98 Å². The normalized spacial score (nSPS) is 9.73. The molecule has 0 N–H and O–H groups in total. The molecule has 60 valence electrons. The molecule has 0 aliphatic carbocycles. The lowest BCUT2D eigenvalue weighted by Gasteiger charge is -2.02. The molecule has 0 spiro atoms. The zero-order chi connectivity index (χ0) is 8.27. The van der Waals surface area contributed by atoms with Crippen LogP contribution in [0.2, 0.25) is 0 Å². The summed E-state index contributed by atoms with van der Waals surface area (Å²) in [5.41, 5.74) is 0.977. The number of nitrogens with zero attached hydrogens (tertiary/aromatic N) is 2. The van der Waals surface area contributed by atoms with Crippen molar-refractivity contribution in [1.29, 1.82) is 0 Å². The van der Waals surface area contributed by atoms with Crippen molar-refractivity contribution in [2.75, 3.05) is 7.11 Å². The standard InChI is InChI=1S/C8H12N2O/c1-4-7-9-5-6(2)8(10-7)11-3/h5H,4H2,1-3H3. The average molecular weight is 152 g/mol. The van der Waals surface area contributed by atoms with E-state index in [1.807, 2.05) is 13.8 Å². The third kappa shape index (κ3) is 1.67. The quantitative estimate of drug-likeness (QED) is 0.641. The van der Waals surface area contributed by atoms with E-state index in [0.717, 1.165) is 17.8 Å². The second-order valence-corrected chi connectivity index (χ2v) is 2.33. The molecule has 0 aromatic carbocycles. The summed E-state index contributed by atoms with van der Waals surface area (Å²) in [6.45, 7) is 3.95. The van der Waals surface area contributed by atoms with E-state index in [1.54, 1.807) is 13.3 Å². The molecule has 1 rings (SSSR count). The van der Waals surface area contributed by atoms with Crippen LogP contribution < -0.4 is 4.74 Å². The fourth-order valence-corrected chi connectivity index (χ4v) is 0.838. The third-order valence-corrected chi connectivity index (χ3v) is 1.48. The zero-order valence-electron chi connectivity index (χ0n) is 7.09. The molecule has 0 saturated heterocycles. The molecule has 0 aliphatic heterocycles. The number of hydrogen-bond donors (Lipinski definition) is 0. The van der Waals surface area contributed by atoms with Crippen LogP contribution in [0.4, 0.5) is 0 Å². The Kier molecular flexibility index (Phi) is 2.41. The molecule has 11 heavy (non-hydrogen) atoms. The van der Waals surface area contributed by atoms with E-state index in [-0.39, 0.29) is 0 Å². The minimum atomic E-state index is 0.678. The lowest BCUT2D eigenvalue weighted by Crippen LogP contribution is -1.97. The second-order valence-electron chi connectivity index (χ2n) is 2.33. The van der Waals surface area contributed by atoms with Gasteiger partial charge in [-0.15, -0.1) is 0 Å². The first-order chi connectivity index (χ1) is 5.27. The van der Waals surface area contributed by atoms with Crippen molar-refractivity contribution in [2.24, 2.45) is 0 Å². The maximum absolute atomic E-state index is 5.04. The highest BCUT2D eigenvalue weighted by Crippen LogP contribution is 2.11. The third-order valence-electron chi connectivity index (χ3n) is 1.48. The Morgan fingerprint density at radius 1 is 1.55 bits per heavy atom. The molecular weight excluding hydrogens is 140 g/mol. The Morgan fingerprint density at radius 2 is 2.27 bits per heavy atom. The molecule has 1 aromatic rings. The van der Waals surface area contributed by atoms with Crippen LogP contribution in [0.25, 0.3) is 0 Å². The van der Waals surface area contributed by atoms with Crippen LogP contribution in [0, 0.1) is 6.92 Å². The summed E-state index contributed by atoms with van der Waals surface area (Å²) >= 11 is 0. The van der Waals surface area contributed by atoms with Gasteiger partial charge in [-0.1, -0.05) is 6.92 Å². The van der Waals surface area contributed by atoms with Crippen LogP contribution in [-0.2, 0) is 6.42 Å². The Labute approximate surface area is 66.4 Å². The van der Waals surface area contributed by atoms with Gasteiger partial charge in [0.2, 0.25) is 5.88 Å². The van der Waals surface area contributed by atoms with Crippen LogP contribution in [0.3, 0.4) is 0 Å². The van der Waals surface area contributed by atoms with Gasteiger partial charge >= 0.3 is 0 Å². The topological polar surface area (TPSA) is 35.0 Å².